The first kappa shape index (κ1) is 14.2. The fraction of sp³-hybridized carbons (Fsp3) is 0.375. The van der Waals surface area contributed by atoms with Crippen LogP contribution in [0.4, 0.5) is 0 Å². The Morgan fingerprint density at radius 3 is 2.42 bits per heavy atom. The molecule has 1 aromatic carbocycles. The number of benzene rings is 1. The molecule has 2 rings (SSSR count). The Morgan fingerprint density at radius 1 is 1.11 bits per heavy atom. The Hall–Kier alpha value is -1.19. The lowest BCUT2D eigenvalue weighted by molar-refractivity contribution is 0.465. The normalized spacial score (nSPS) is 14.4. The third-order valence-electron chi connectivity index (χ3n) is 3.12. The van der Waals surface area contributed by atoms with Gasteiger partial charge in [-0.25, -0.2) is 0 Å². The second-order valence-corrected chi connectivity index (χ2v) is 6.30. The van der Waals surface area contributed by atoms with Crippen LogP contribution in [-0.2, 0) is 0 Å². The predicted octanol–water partition coefficient (Wildman–Crippen LogP) is 4.39. The summed E-state index contributed by atoms with van der Waals surface area (Å²) in [6.45, 7) is 8.24. The molecule has 0 fully saturated rings. The first-order valence-electron chi connectivity index (χ1n) is 6.53. The van der Waals surface area contributed by atoms with Crippen LogP contribution in [0.5, 0.6) is 0 Å². The summed E-state index contributed by atoms with van der Waals surface area (Å²) in [5, 5.41) is 0.147. The number of nitrogens with two attached hydrogens (primary N) is 1. The van der Waals surface area contributed by atoms with Gasteiger partial charge in [0.05, 0.1) is 5.25 Å². The zero-order valence-corrected chi connectivity index (χ0v) is 12.8. The van der Waals surface area contributed by atoms with Crippen LogP contribution in [0.2, 0.25) is 0 Å². The lowest BCUT2D eigenvalue weighted by atomic mass is 10.2. The van der Waals surface area contributed by atoms with Crippen molar-refractivity contribution in [3.63, 3.8) is 0 Å². The predicted molar refractivity (Wildman–Crippen MR) is 81.6 cm³/mol. The minimum atomic E-state index is 0.0375. The van der Waals surface area contributed by atoms with Crippen molar-refractivity contribution in [2.75, 3.05) is 0 Å². The van der Waals surface area contributed by atoms with E-state index in [1.54, 1.807) is 11.8 Å². The molecule has 102 valence electrons. The largest absolute Gasteiger partial charge is 0.465 e. The molecule has 0 radical (unpaired) electrons. The van der Waals surface area contributed by atoms with E-state index in [1.165, 1.54) is 16.0 Å². The van der Waals surface area contributed by atoms with Gasteiger partial charge in [-0.2, -0.15) is 0 Å². The van der Waals surface area contributed by atoms with Gasteiger partial charge in [-0.1, -0.05) is 17.7 Å². The second kappa shape index (κ2) is 5.85. The molecule has 0 saturated heterocycles. The highest BCUT2D eigenvalue weighted by Gasteiger charge is 2.21. The summed E-state index contributed by atoms with van der Waals surface area (Å²) in [7, 11) is 0. The molecular formula is C16H21NOS. The van der Waals surface area contributed by atoms with Gasteiger partial charge in [0.2, 0.25) is 0 Å². The average Bonchev–Trinajstić information content (AvgIpc) is 2.76. The van der Waals surface area contributed by atoms with Crippen molar-refractivity contribution in [3.8, 4) is 0 Å². The first-order chi connectivity index (χ1) is 8.97. The minimum absolute atomic E-state index is 0.0375. The van der Waals surface area contributed by atoms with E-state index in [-0.39, 0.29) is 11.3 Å². The zero-order chi connectivity index (χ0) is 14.0. The van der Waals surface area contributed by atoms with Crippen LogP contribution in [0.3, 0.4) is 0 Å². The molecule has 0 aliphatic rings. The van der Waals surface area contributed by atoms with E-state index < -0.39 is 0 Å². The minimum Gasteiger partial charge on any atom is -0.465 e. The maximum Gasteiger partial charge on any atom is 0.119 e. The number of hydrogen-bond donors (Lipinski definition) is 1. The molecule has 2 N–H and O–H groups in total. The van der Waals surface area contributed by atoms with Gasteiger partial charge in [0.25, 0.3) is 0 Å². The number of aryl methyl sites for hydroxylation is 3. The van der Waals surface area contributed by atoms with Crippen LogP contribution in [0.15, 0.2) is 39.6 Å². The highest BCUT2D eigenvalue weighted by Crippen LogP contribution is 2.39. The summed E-state index contributed by atoms with van der Waals surface area (Å²) in [5.74, 6) is 1.89. The van der Waals surface area contributed by atoms with Crippen LogP contribution in [0.25, 0.3) is 0 Å². The van der Waals surface area contributed by atoms with E-state index >= 15 is 0 Å². The van der Waals surface area contributed by atoms with E-state index in [1.807, 2.05) is 26.0 Å². The molecular weight excluding hydrogens is 254 g/mol. The van der Waals surface area contributed by atoms with Gasteiger partial charge in [-0.15, -0.1) is 11.8 Å². The number of rotatable bonds is 4. The van der Waals surface area contributed by atoms with E-state index in [0.29, 0.717) is 0 Å². The summed E-state index contributed by atoms with van der Waals surface area (Å²) in [5.41, 5.74) is 8.69. The van der Waals surface area contributed by atoms with Crippen LogP contribution in [0.1, 0.15) is 34.8 Å². The SMILES string of the molecule is Cc1ccc(C)c(SC(c2ccc(C)o2)C(C)N)c1. The van der Waals surface area contributed by atoms with Crippen molar-refractivity contribution >= 4 is 11.8 Å². The third kappa shape index (κ3) is 3.43. The highest BCUT2D eigenvalue weighted by molar-refractivity contribution is 7.99. The van der Waals surface area contributed by atoms with Crippen molar-refractivity contribution in [3.05, 3.63) is 53.0 Å². The molecule has 0 saturated carbocycles. The molecule has 1 aromatic heterocycles. The fourth-order valence-corrected chi connectivity index (χ4v) is 3.24. The molecule has 3 heteroatoms. The van der Waals surface area contributed by atoms with Crippen LogP contribution in [-0.4, -0.2) is 6.04 Å². The van der Waals surface area contributed by atoms with E-state index in [9.17, 15) is 0 Å². The average molecular weight is 275 g/mol. The summed E-state index contributed by atoms with van der Waals surface area (Å²) in [4.78, 5) is 1.27. The summed E-state index contributed by atoms with van der Waals surface area (Å²) in [6.07, 6.45) is 0. The number of furan rings is 1. The van der Waals surface area contributed by atoms with Gasteiger partial charge < -0.3 is 10.2 Å². The molecule has 0 spiro atoms. The Bertz CT molecular complexity index is 560. The Kier molecular flexibility index (Phi) is 4.38. The summed E-state index contributed by atoms with van der Waals surface area (Å²) < 4.78 is 5.75. The van der Waals surface area contributed by atoms with E-state index in [0.717, 1.165) is 11.5 Å². The quantitative estimate of drug-likeness (QED) is 0.841. The molecule has 0 aliphatic heterocycles. The van der Waals surface area contributed by atoms with Gasteiger partial charge >= 0.3 is 0 Å². The molecule has 0 amide bonds. The summed E-state index contributed by atoms with van der Waals surface area (Å²) >= 11 is 1.79. The Labute approximate surface area is 119 Å². The molecule has 2 atom stereocenters. The van der Waals surface area contributed by atoms with Gasteiger partial charge in [-0.05, 0) is 51.5 Å². The lowest BCUT2D eigenvalue weighted by Gasteiger charge is -2.19. The van der Waals surface area contributed by atoms with Crippen molar-refractivity contribution in [2.45, 2.75) is 43.9 Å². The van der Waals surface area contributed by atoms with Gasteiger partial charge in [0, 0.05) is 10.9 Å². The molecule has 0 bridgehead atoms. The molecule has 2 unspecified atom stereocenters. The molecule has 19 heavy (non-hydrogen) atoms. The van der Waals surface area contributed by atoms with Gasteiger partial charge in [0.1, 0.15) is 11.5 Å². The topological polar surface area (TPSA) is 39.2 Å². The van der Waals surface area contributed by atoms with Crippen LogP contribution >= 0.6 is 11.8 Å². The fourth-order valence-electron chi connectivity index (χ4n) is 2.00. The maximum atomic E-state index is 6.13. The van der Waals surface area contributed by atoms with E-state index in [4.69, 9.17) is 10.2 Å². The van der Waals surface area contributed by atoms with Crippen molar-refractivity contribution in [2.24, 2.45) is 5.73 Å². The molecule has 2 nitrogen and oxygen atoms in total. The molecule has 0 aliphatic carbocycles. The summed E-state index contributed by atoms with van der Waals surface area (Å²) in [6, 6.07) is 10.6. The smallest absolute Gasteiger partial charge is 0.119 e. The van der Waals surface area contributed by atoms with Crippen molar-refractivity contribution in [1.29, 1.82) is 0 Å². The monoisotopic (exact) mass is 275 g/mol. The Balaban J connectivity index is 2.29. The number of hydrogen-bond acceptors (Lipinski definition) is 3. The van der Waals surface area contributed by atoms with Crippen LogP contribution in [0, 0.1) is 20.8 Å². The van der Waals surface area contributed by atoms with Crippen LogP contribution < -0.4 is 5.73 Å². The standard InChI is InChI=1S/C16H21NOS/c1-10-5-6-11(2)15(9-10)19-16(13(4)17)14-8-7-12(3)18-14/h5-9,13,16H,17H2,1-4H3. The first-order valence-corrected chi connectivity index (χ1v) is 7.41. The second-order valence-electron chi connectivity index (χ2n) is 5.11. The van der Waals surface area contributed by atoms with Gasteiger partial charge in [0.15, 0.2) is 0 Å². The molecule has 1 heterocycles. The number of thioether (sulfide) groups is 1. The van der Waals surface area contributed by atoms with Gasteiger partial charge in [-0.3, -0.25) is 0 Å². The maximum absolute atomic E-state index is 6.13. The third-order valence-corrected chi connectivity index (χ3v) is 4.73. The van der Waals surface area contributed by atoms with Crippen molar-refractivity contribution in [1.82, 2.24) is 0 Å². The highest BCUT2D eigenvalue weighted by atomic mass is 32.2. The van der Waals surface area contributed by atoms with E-state index in [2.05, 4.69) is 32.0 Å². The zero-order valence-electron chi connectivity index (χ0n) is 11.9. The lowest BCUT2D eigenvalue weighted by Crippen LogP contribution is -2.22. The Morgan fingerprint density at radius 2 is 1.84 bits per heavy atom. The van der Waals surface area contributed by atoms with Crippen molar-refractivity contribution < 1.29 is 4.42 Å². The molecule has 2 aromatic rings.